The third-order valence-electron chi connectivity index (χ3n) is 5.60. The van der Waals surface area contributed by atoms with Gasteiger partial charge in [-0.2, -0.15) is 4.31 Å². The molecule has 1 amide bonds. The molecule has 2 atom stereocenters. The summed E-state index contributed by atoms with van der Waals surface area (Å²) in [5.41, 5.74) is 2.37. The Balaban J connectivity index is 1.71. The largest absolute Gasteiger partial charge is 0.322 e. The molecular formula is C24H32N2O3S. The van der Waals surface area contributed by atoms with Crippen LogP contribution in [0.1, 0.15) is 57.0 Å². The first-order valence-corrected chi connectivity index (χ1v) is 11.9. The van der Waals surface area contributed by atoms with Gasteiger partial charge >= 0.3 is 0 Å². The third kappa shape index (κ3) is 5.10. The van der Waals surface area contributed by atoms with Crippen molar-refractivity contribution in [1.82, 2.24) is 4.31 Å². The Hall–Kier alpha value is -2.18. The van der Waals surface area contributed by atoms with Crippen molar-refractivity contribution in [2.45, 2.75) is 51.3 Å². The summed E-state index contributed by atoms with van der Waals surface area (Å²) in [5, 5.41) is 2.87. The van der Waals surface area contributed by atoms with E-state index in [2.05, 4.69) is 39.9 Å². The van der Waals surface area contributed by atoms with Crippen molar-refractivity contribution in [2.24, 2.45) is 11.8 Å². The highest BCUT2D eigenvalue weighted by Crippen LogP contribution is 2.27. The zero-order valence-corrected chi connectivity index (χ0v) is 19.3. The van der Waals surface area contributed by atoms with Crippen molar-refractivity contribution in [1.29, 1.82) is 0 Å². The molecule has 1 heterocycles. The summed E-state index contributed by atoms with van der Waals surface area (Å²) in [6, 6.07) is 14.0. The lowest BCUT2D eigenvalue weighted by Gasteiger charge is -2.34. The van der Waals surface area contributed by atoms with Crippen LogP contribution in [0.15, 0.2) is 53.4 Å². The van der Waals surface area contributed by atoms with Gasteiger partial charge in [0.1, 0.15) is 0 Å². The highest BCUT2D eigenvalue weighted by Gasteiger charge is 2.31. The average molecular weight is 429 g/mol. The predicted octanol–water partition coefficient (Wildman–Crippen LogP) is 4.90. The number of hydrogen-bond donors (Lipinski definition) is 1. The Morgan fingerprint density at radius 3 is 1.97 bits per heavy atom. The van der Waals surface area contributed by atoms with E-state index in [4.69, 9.17) is 0 Å². The van der Waals surface area contributed by atoms with Crippen molar-refractivity contribution >= 4 is 21.6 Å². The monoisotopic (exact) mass is 428 g/mol. The fourth-order valence-corrected chi connectivity index (χ4v) is 5.67. The number of rotatable bonds is 4. The molecule has 1 aliphatic heterocycles. The molecule has 1 saturated heterocycles. The van der Waals surface area contributed by atoms with E-state index < -0.39 is 10.0 Å². The lowest BCUT2D eigenvalue weighted by atomic mass is 9.87. The molecule has 3 rings (SSSR count). The molecule has 0 aliphatic carbocycles. The van der Waals surface area contributed by atoms with Crippen LogP contribution in [0.25, 0.3) is 0 Å². The molecule has 1 fully saturated rings. The van der Waals surface area contributed by atoms with E-state index in [1.54, 1.807) is 16.4 Å². The number of benzene rings is 2. The van der Waals surface area contributed by atoms with E-state index in [1.165, 1.54) is 17.7 Å². The van der Waals surface area contributed by atoms with E-state index in [0.717, 1.165) is 6.42 Å². The van der Waals surface area contributed by atoms with Crippen molar-refractivity contribution in [2.75, 3.05) is 18.4 Å². The van der Waals surface area contributed by atoms with Crippen LogP contribution in [0.2, 0.25) is 0 Å². The SMILES string of the molecule is C[C@H]1C[C@H](C)CN(S(=O)(=O)c2ccc(C(=O)Nc3ccc(C(C)(C)C)cc3)cc2)C1. The van der Waals surface area contributed by atoms with Crippen LogP contribution in [0.5, 0.6) is 0 Å². The van der Waals surface area contributed by atoms with Crippen LogP contribution < -0.4 is 5.32 Å². The first-order valence-electron chi connectivity index (χ1n) is 10.5. The molecule has 6 heteroatoms. The summed E-state index contributed by atoms with van der Waals surface area (Å²) in [6.07, 6.45) is 1.04. The number of nitrogens with zero attached hydrogens (tertiary/aromatic N) is 1. The van der Waals surface area contributed by atoms with Gasteiger partial charge in [-0.1, -0.05) is 46.8 Å². The molecule has 1 aliphatic rings. The molecule has 0 saturated carbocycles. The molecule has 5 nitrogen and oxygen atoms in total. The van der Waals surface area contributed by atoms with Gasteiger partial charge in [-0.3, -0.25) is 4.79 Å². The van der Waals surface area contributed by atoms with Gasteiger partial charge in [0.2, 0.25) is 10.0 Å². The molecule has 0 bridgehead atoms. The number of hydrogen-bond acceptors (Lipinski definition) is 3. The molecule has 1 N–H and O–H groups in total. The molecule has 162 valence electrons. The fraction of sp³-hybridized carbons (Fsp3) is 0.458. The zero-order valence-electron chi connectivity index (χ0n) is 18.5. The van der Waals surface area contributed by atoms with Crippen molar-refractivity contribution < 1.29 is 13.2 Å². The summed E-state index contributed by atoms with van der Waals surface area (Å²) in [7, 11) is -3.55. The normalized spacial score (nSPS) is 20.7. The minimum absolute atomic E-state index is 0.0494. The van der Waals surface area contributed by atoms with Gasteiger partial charge in [0.25, 0.3) is 5.91 Å². The van der Waals surface area contributed by atoms with Gasteiger partial charge in [0.05, 0.1) is 4.90 Å². The van der Waals surface area contributed by atoms with E-state index >= 15 is 0 Å². The van der Waals surface area contributed by atoms with Crippen LogP contribution in [0, 0.1) is 11.8 Å². The van der Waals surface area contributed by atoms with Crippen LogP contribution in [-0.4, -0.2) is 31.7 Å². The maximum atomic E-state index is 13.0. The maximum Gasteiger partial charge on any atom is 0.255 e. The van der Waals surface area contributed by atoms with Crippen LogP contribution in [-0.2, 0) is 15.4 Å². The summed E-state index contributed by atoms with van der Waals surface area (Å²) >= 11 is 0. The van der Waals surface area contributed by atoms with E-state index in [0.29, 0.717) is 36.2 Å². The Labute approximate surface area is 180 Å². The summed E-state index contributed by atoms with van der Waals surface area (Å²) < 4.78 is 27.5. The summed E-state index contributed by atoms with van der Waals surface area (Å²) in [4.78, 5) is 12.8. The smallest absolute Gasteiger partial charge is 0.255 e. The highest BCUT2D eigenvalue weighted by atomic mass is 32.2. The second-order valence-corrected chi connectivity index (χ2v) is 11.5. The minimum Gasteiger partial charge on any atom is -0.322 e. The number of nitrogens with one attached hydrogen (secondary N) is 1. The van der Waals surface area contributed by atoms with Crippen molar-refractivity contribution in [3.05, 3.63) is 59.7 Å². The topological polar surface area (TPSA) is 66.5 Å². The van der Waals surface area contributed by atoms with Gasteiger partial charge in [-0.05, 0) is 65.6 Å². The lowest BCUT2D eigenvalue weighted by Crippen LogP contribution is -2.42. The standard InChI is InChI=1S/C24H32N2O3S/c1-17-14-18(2)16-26(15-17)30(28,29)22-12-6-19(7-13-22)23(27)25-21-10-8-20(9-11-21)24(3,4)5/h6-13,17-18H,14-16H2,1-5H3,(H,25,27)/t17-,18-/m0/s1. The number of anilines is 1. The molecule has 2 aromatic rings. The Kier molecular flexibility index (Phi) is 6.39. The van der Waals surface area contributed by atoms with Gasteiger partial charge in [0, 0.05) is 24.3 Å². The van der Waals surface area contributed by atoms with Gasteiger partial charge in [-0.25, -0.2) is 8.42 Å². The molecule has 0 radical (unpaired) electrons. The number of carbonyl (C=O) groups excluding carboxylic acids is 1. The first kappa shape index (κ1) is 22.5. The van der Waals surface area contributed by atoms with Gasteiger partial charge in [0.15, 0.2) is 0 Å². The molecule has 2 aromatic carbocycles. The number of piperidine rings is 1. The predicted molar refractivity (Wildman–Crippen MR) is 121 cm³/mol. The van der Waals surface area contributed by atoms with Gasteiger partial charge in [-0.15, -0.1) is 0 Å². The van der Waals surface area contributed by atoms with Gasteiger partial charge < -0.3 is 5.32 Å². The van der Waals surface area contributed by atoms with E-state index in [1.807, 2.05) is 24.3 Å². The lowest BCUT2D eigenvalue weighted by molar-refractivity contribution is 0.102. The molecule has 0 spiro atoms. The van der Waals surface area contributed by atoms with E-state index in [-0.39, 0.29) is 16.2 Å². The molecule has 0 aromatic heterocycles. The third-order valence-corrected chi connectivity index (χ3v) is 7.44. The van der Waals surface area contributed by atoms with Crippen molar-refractivity contribution in [3.63, 3.8) is 0 Å². The fourth-order valence-electron chi connectivity index (χ4n) is 3.99. The molecule has 0 unspecified atom stereocenters. The Morgan fingerprint density at radius 2 is 1.47 bits per heavy atom. The second-order valence-electron chi connectivity index (χ2n) is 9.57. The maximum absolute atomic E-state index is 13.0. The Bertz CT molecular complexity index is 980. The van der Waals surface area contributed by atoms with E-state index in [9.17, 15) is 13.2 Å². The quantitative estimate of drug-likeness (QED) is 0.753. The summed E-state index contributed by atoms with van der Waals surface area (Å²) in [6.45, 7) is 11.7. The highest BCUT2D eigenvalue weighted by molar-refractivity contribution is 7.89. The van der Waals surface area contributed by atoms with Crippen molar-refractivity contribution in [3.8, 4) is 0 Å². The molecular weight excluding hydrogens is 396 g/mol. The van der Waals surface area contributed by atoms with Crippen LogP contribution >= 0.6 is 0 Å². The van der Waals surface area contributed by atoms with Crippen LogP contribution in [0.3, 0.4) is 0 Å². The Morgan fingerprint density at radius 1 is 0.933 bits per heavy atom. The number of carbonyl (C=O) groups is 1. The minimum atomic E-state index is -3.55. The number of amides is 1. The molecule has 30 heavy (non-hydrogen) atoms. The second kappa shape index (κ2) is 8.52. The zero-order chi connectivity index (χ0) is 22.1. The first-order chi connectivity index (χ1) is 14.0. The average Bonchev–Trinajstić information content (AvgIpc) is 2.67. The summed E-state index contributed by atoms with van der Waals surface area (Å²) in [5.74, 6) is 0.430. The van der Waals surface area contributed by atoms with Crippen LogP contribution in [0.4, 0.5) is 5.69 Å². The number of sulfonamides is 1.